The number of amides is 1. The third kappa shape index (κ3) is 3.35. The minimum absolute atomic E-state index is 0.0593. The lowest BCUT2D eigenvalue weighted by atomic mass is 10.1. The van der Waals surface area contributed by atoms with Crippen molar-refractivity contribution in [2.24, 2.45) is 12.0 Å². The number of carbonyl (C=O) groups excluding carboxylic acids is 1. The second-order valence-electron chi connectivity index (χ2n) is 5.48. The molecule has 0 N–H and O–H groups in total. The van der Waals surface area contributed by atoms with Gasteiger partial charge >= 0.3 is 0 Å². The number of aromatic nitrogens is 1. The summed E-state index contributed by atoms with van der Waals surface area (Å²) in [5.41, 5.74) is 3.52. The fourth-order valence-corrected chi connectivity index (χ4v) is 3.80. The molecule has 3 aromatic rings. The summed E-state index contributed by atoms with van der Waals surface area (Å²) in [4.78, 5) is 17.0. The summed E-state index contributed by atoms with van der Waals surface area (Å²) in [7, 11) is 1.94. The Morgan fingerprint density at radius 2 is 1.96 bits per heavy atom. The molecule has 3 rings (SSSR count). The lowest BCUT2D eigenvalue weighted by molar-refractivity contribution is -0.120. The van der Waals surface area contributed by atoms with E-state index in [2.05, 4.69) is 31.0 Å². The van der Waals surface area contributed by atoms with Gasteiger partial charge in [0.25, 0.3) is 5.91 Å². The number of benzene rings is 2. The van der Waals surface area contributed by atoms with Gasteiger partial charge in [-0.2, -0.15) is 4.99 Å². The molecule has 4 nitrogen and oxygen atoms in total. The molecule has 0 saturated carbocycles. The first kappa shape index (κ1) is 15.5. The molecule has 0 aliphatic heterocycles. The molecule has 0 fully saturated rings. The predicted octanol–water partition coefficient (Wildman–Crippen LogP) is 3.36. The van der Waals surface area contributed by atoms with Crippen molar-refractivity contribution in [2.75, 3.05) is 6.61 Å². The zero-order chi connectivity index (χ0) is 16.4. The Labute approximate surface area is 138 Å². The molecule has 23 heavy (non-hydrogen) atoms. The molecule has 2 aromatic carbocycles. The number of aryl methyl sites for hydroxylation is 3. The molecule has 118 valence electrons. The van der Waals surface area contributed by atoms with E-state index in [9.17, 15) is 4.79 Å². The maximum absolute atomic E-state index is 12.1. The SMILES string of the molecule is Cc1cc(C)c2c(c1)sc(=NC(=O)COc1ccccc1)n2C. The van der Waals surface area contributed by atoms with E-state index in [-0.39, 0.29) is 12.5 Å². The first-order valence-corrected chi connectivity index (χ1v) is 8.18. The molecule has 1 amide bonds. The van der Waals surface area contributed by atoms with Crippen LogP contribution in [0.1, 0.15) is 11.1 Å². The van der Waals surface area contributed by atoms with Gasteiger partial charge in [0.1, 0.15) is 5.75 Å². The first-order chi connectivity index (χ1) is 11.0. The average Bonchev–Trinajstić information content (AvgIpc) is 2.82. The van der Waals surface area contributed by atoms with E-state index in [4.69, 9.17) is 4.74 Å². The van der Waals surface area contributed by atoms with E-state index >= 15 is 0 Å². The maximum atomic E-state index is 12.1. The van der Waals surface area contributed by atoms with Gasteiger partial charge in [-0.25, -0.2) is 0 Å². The average molecular weight is 326 g/mol. The van der Waals surface area contributed by atoms with E-state index in [1.54, 1.807) is 0 Å². The summed E-state index contributed by atoms with van der Waals surface area (Å²) >= 11 is 1.52. The summed E-state index contributed by atoms with van der Waals surface area (Å²) in [5.74, 6) is 0.383. The largest absolute Gasteiger partial charge is 0.484 e. The highest BCUT2D eigenvalue weighted by molar-refractivity contribution is 7.16. The van der Waals surface area contributed by atoms with Crippen LogP contribution in [0.15, 0.2) is 47.5 Å². The second kappa shape index (κ2) is 6.38. The van der Waals surface area contributed by atoms with E-state index in [0.717, 1.165) is 10.2 Å². The van der Waals surface area contributed by atoms with Gasteiger partial charge in [0, 0.05) is 7.05 Å². The molecule has 5 heteroatoms. The van der Waals surface area contributed by atoms with Gasteiger partial charge in [-0.15, -0.1) is 0 Å². The van der Waals surface area contributed by atoms with Crippen LogP contribution in [0.3, 0.4) is 0 Å². The van der Waals surface area contributed by atoms with E-state index in [1.165, 1.54) is 22.5 Å². The molecule has 0 aliphatic rings. The van der Waals surface area contributed by atoms with E-state index < -0.39 is 0 Å². The smallest absolute Gasteiger partial charge is 0.286 e. The van der Waals surface area contributed by atoms with E-state index in [1.807, 2.05) is 41.9 Å². The number of fused-ring (bicyclic) bond motifs is 1. The molecular weight excluding hydrogens is 308 g/mol. The molecule has 0 spiro atoms. The van der Waals surface area contributed by atoms with Crippen molar-refractivity contribution >= 4 is 27.5 Å². The van der Waals surface area contributed by atoms with Gasteiger partial charge in [0.05, 0.1) is 10.2 Å². The molecule has 0 bridgehead atoms. The van der Waals surface area contributed by atoms with Crippen LogP contribution in [0.4, 0.5) is 0 Å². The third-order valence-electron chi connectivity index (χ3n) is 3.56. The second-order valence-corrected chi connectivity index (χ2v) is 6.49. The summed E-state index contributed by atoms with van der Waals surface area (Å²) < 4.78 is 8.56. The van der Waals surface area contributed by atoms with Crippen molar-refractivity contribution in [2.45, 2.75) is 13.8 Å². The topological polar surface area (TPSA) is 43.6 Å². The summed E-state index contributed by atoms with van der Waals surface area (Å²) in [6, 6.07) is 13.5. The van der Waals surface area contributed by atoms with Crippen molar-refractivity contribution < 1.29 is 9.53 Å². The monoisotopic (exact) mass is 326 g/mol. The molecule has 0 saturated heterocycles. The highest BCUT2D eigenvalue weighted by Crippen LogP contribution is 2.22. The van der Waals surface area contributed by atoms with Crippen LogP contribution in [0.2, 0.25) is 0 Å². The Kier molecular flexibility index (Phi) is 4.30. The standard InChI is InChI=1S/C18H18N2O2S/c1-12-9-13(2)17-15(10-12)23-18(20(17)3)19-16(21)11-22-14-7-5-4-6-8-14/h4-10H,11H2,1-3H3. The van der Waals surface area contributed by atoms with Gasteiger partial charge < -0.3 is 9.30 Å². The number of rotatable bonds is 3. The van der Waals surface area contributed by atoms with Gasteiger partial charge in [-0.3, -0.25) is 4.79 Å². The first-order valence-electron chi connectivity index (χ1n) is 7.37. The fourth-order valence-electron chi connectivity index (χ4n) is 2.59. The van der Waals surface area contributed by atoms with Gasteiger partial charge in [-0.1, -0.05) is 35.6 Å². The Balaban J connectivity index is 1.87. The van der Waals surface area contributed by atoms with Crippen LogP contribution in [-0.4, -0.2) is 17.1 Å². The van der Waals surface area contributed by atoms with Gasteiger partial charge in [-0.05, 0) is 43.2 Å². The predicted molar refractivity (Wildman–Crippen MR) is 92.8 cm³/mol. The number of hydrogen-bond acceptors (Lipinski definition) is 3. The Morgan fingerprint density at radius 1 is 1.22 bits per heavy atom. The van der Waals surface area contributed by atoms with Crippen molar-refractivity contribution in [1.82, 2.24) is 4.57 Å². The van der Waals surface area contributed by atoms with Crippen LogP contribution < -0.4 is 9.54 Å². The quantitative estimate of drug-likeness (QED) is 0.741. The summed E-state index contributed by atoms with van der Waals surface area (Å²) in [6.45, 7) is 4.09. The molecular formula is C18H18N2O2S. The number of thiazole rings is 1. The molecule has 0 atom stereocenters. The number of carbonyl (C=O) groups is 1. The normalized spacial score (nSPS) is 11.9. The molecule has 0 radical (unpaired) electrons. The summed E-state index contributed by atoms with van der Waals surface area (Å²) in [6.07, 6.45) is 0. The number of ether oxygens (including phenoxy) is 1. The van der Waals surface area contributed by atoms with Crippen molar-refractivity contribution in [3.63, 3.8) is 0 Å². The Hall–Kier alpha value is -2.40. The molecule has 1 aromatic heterocycles. The highest BCUT2D eigenvalue weighted by atomic mass is 32.1. The lowest BCUT2D eigenvalue weighted by Crippen LogP contribution is -2.17. The van der Waals surface area contributed by atoms with Crippen molar-refractivity contribution in [1.29, 1.82) is 0 Å². The van der Waals surface area contributed by atoms with Crippen molar-refractivity contribution in [3.8, 4) is 5.75 Å². The van der Waals surface area contributed by atoms with E-state index in [0.29, 0.717) is 10.6 Å². The van der Waals surface area contributed by atoms with Crippen molar-refractivity contribution in [3.05, 3.63) is 58.4 Å². The zero-order valence-corrected chi connectivity index (χ0v) is 14.2. The Morgan fingerprint density at radius 3 is 2.70 bits per heavy atom. The van der Waals surface area contributed by atoms with Crippen LogP contribution in [0.5, 0.6) is 5.75 Å². The number of hydrogen-bond donors (Lipinski definition) is 0. The van der Waals surface area contributed by atoms with Gasteiger partial charge in [0.2, 0.25) is 0 Å². The summed E-state index contributed by atoms with van der Waals surface area (Å²) in [5, 5.41) is 0. The van der Waals surface area contributed by atoms with Gasteiger partial charge in [0.15, 0.2) is 11.4 Å². The number of para-hydroxylation sites is 1. The van der Waals surface area contributed by atoms with Crippen LogP contribution in [0, 0.1) is 13.8 Å². The Bertz CT molecular complexity index is 923. The zero-order valence-electron chi connectivity index (χ0n) is 13.4. The maximum Gasteiger partial charge on any atom is 0.286 e. The molecule has 1 heterocycles. The lowest BCUT2D eigenvalue weighted by Gasteiger charge is -2.02. The number of nitrogens with zero attached hydrogens (tertiary/aromatic N) is 2. The minimum atomic E-state index is -0.287. The molecule has 0 unspecified atom stereocenters. The molecule has 0 aliphatic carbocycles. The van der Waals surface area contributed by atoms with Crippen LogP contribution in [-0.2, 0) is 11.8 Å². The van der Waals surface area contributed by atoms with Crippen LogP contribution >= 0.6 is 11.3 Å². The third-order valence-corrected chi connectivity index (χ3v) is 4.64. The minimum Gasteiger partial charge on any atom is -0.484 e. The highest BCUT2D eigenvalue weighted by Gasteiger charge is 2.08. The van der Waals surface area contributed by atoms with Crippen LogP contribution in [0.25, 0.3) is 10.2 Å². The fraction of sp³-hybridized carbons (Fsp3) is 0.222.